The number of halogens is 1. The van der Waals surface area contributed by atoms with E-state index >= 15 is 0 Å². The lowest BCUT2D eigenvalue weighted by atomic mass is 10.1. The van der Waals surface area contributed by atoms with E-state index in [4.69, 9.17) is 16.7 Å². The van der Waals surface area contributed by atoms with Crippen LogP contribution in [-0.4, -0.2) is 20.1 Å². The lowest BCUT2D eigenvalue weighted by molar-refractivity contribution is -0.113. The number of amides is 1. The maximum absolute atomic E-state index is 12.1. The number of nitrogens with one attached hydrogen (secondary N) is 1. The number of hydrogen-bond donors (Lipinski definition) is 2. The Morgan fingerprint density at radius 2 is 2.04 bits per heavy atom. The summed E-state index contributed by atoms with van der Waals surface area (Å²) in [5, 5.41) is 7.92. The van der Waals surface area contributed by atoms with E-state index in [0.29, 0.717) is 11.4 Å². The van der Waals surface area contributed by atoms with E-state index in [0.717, 1.165) is 20.3 Å². The monoisotopic (exact) mass is 404 g/mol. The first kappa shape index (κ1) is 19.3. The average molecular weight is 405 g/mol. The van der Waals surface area contributed by atoms with Gasteiger partial charge in [0.05, 0.1) is 15.0 Å². The fraction of sp³-hybridized carbons (Fsp3) is 0.267. The number of carbonyl (C=O) groups is 1. The molecule has 9 heteroatoms. The minimum Gasteiger partial charge on any atom is -0.325 e. The van der Waals surface area contributed by atoms with Gasteiger partial charge in [0.1, 0.15) is 0 Å². The lowest BCUT2D eigenvalue weighted by Gasteiger charge is -2.12. The highest BCUT2D eigenvalue weighted by molar-refractivity contribution is 7.99. The van der Waals surface area contributed by atoms with E-state index in [-0.39, 0.29) is 16.6 Å². The predicted octanol–water partition coefficient (Wildman–Crippen LogP) is 3.54. The quantitative estimate of drug-likeness (QED) is 0.770. The Balaban J connectivity index is 2.01. The van der Waals surface area contributed by atoms with Crippen LogP contribution in [0.15, 0.2) is 29.2 Å². The van der Waals surface area contributed by atoms with Crippen LogP contribution in [0.25, 0.3) is 0 Å². The Morgan fingerprint density at radius 3 is 2.62 bits per heavy atom. The number of thiophene rings is 1. The molecule has 0 atom stereocenters. The number of benzene rings is 1. The minimum absolute atomic E-state index is 0.0122. The molecule has 0 saturated carbocycles. The van der Waals surface area contributed by atoms with Crippen molar-refractivity contribution in [3.8, 4) is 0 Å². The van der Waals surface area contributed by atoms with Gasteiger partial charge in [-0.05, 0) is 49.2 Å². The van der Waals surface area contributed by atoms with Gasteiger partial charge in [0.2, 0.25) is 15.9 Å². The van der Waals surface area contributed by atoms with Crippen molar-refractivity contribution in [2.45, 2.75) is 24.5 Å². The molecule has 1 aromatic heterocycles. The summed E-state index contributed by atoms with van der Waals surface area (Å²) in [6.45, 7) is 3.59. The zero-order valence-corrected chi connectivity index (χ0v) is 16.3. The number of nitrogens with two attached hydrogens (primary N) is 1. The Hall–Kier alpha value is -1.06. The largest absolute Gasteiger partial charge is 0.325 e. The van der Waals surface area contributed by atoms with Crippen LogP contribution in [0.3, 0.4) is 0 Å². The molecule has 2 aromatic rings. The molecule has 0 spiro atoms. The maximum Gasteiger partial charge on any atom is 0.238 e. The Bertz CT molecular complexity index is 863. The van der Waals surface area contributed by atoms with Gasteiger partial charge in [-0.25, -0.2) is 13.6 Å². The molecule has 130 valence electrons. The van der Waals surface area contributed by atoms with E-state index in [2.05, 4.69) is 5.32 Å². The van der Waals surface area contributed by atoms with Crippen molar-refractivity contribution in [3.63, 3.8) is 0 Å². The third kappa shape index (κ3) is 5.22. The first-order chi connectivity index (χ1) is 11.2. The molecule has 1 heterocycles. The SMILES string of the molecule is Cc1cc(S(N)(=O)=O)cc(NC(=O)CSCc2ccc(Cl)s2)c1C. The van der Waals surface area contributed by atoms with Crippen molar-refractivity contribution < 1.29 is 13.2 Å². The molecule has 0 aliphatic rings. The molecule has 0 radical (unpaired) electrons. The van der Waals surface area contributed by atoms with Crippen LogP contribution in [0.2, 0.25) is 4.34 Å². The van der Waals surface area contributed by atoms with Gasteiger partial charge >= 0.3 is 0 Å². The Morgan fingerprint density at radius 1 is 1.33 bits per heavy atom. The number of aryl methyl sites for hydroxylation is 1. The second-order valence-corrected chi connectivity index (χ2v) is 9.55. The molecule has 1 amide bonds. The fourth-order valence-electron chi connectivity index (χ4n) is 1.98. The molecule has 24 heavy (non-hydrogen) atoms. The van der Waals surface area contributed by atoms with Crippen molar-refractivity contribution in [2.24, 2.45) is 5.14 Å². The molecule has 0 unspecified atom stereocenters. The minimum atomic E-state index is -3.82. The standard InChI is InChI=1S/C15H17ClN2O3S3/c1-9-5-12(24(17,20)21)6-13(10(9)2)18-15(19)8-22-7-11-3-4-14(16)23-11/h3-6H,7-8H2,1-2H3,(H,18,19)(H2,17,20,21). The molecule has 1 aromatic carbocycles. The highest BCUT2D eigenvalue weighted by Gasteiger charge is 2.14. The normalized spacial score (nSPS) is 11.5. The number of sulfonamides is 1. The third-order valence-electron chi connectivity index (χ3n) is 3.35. The second-order valence-electron chi connectivity index (χ2n) is 5.20. The van der Waals surface area contributed by atoms with Gasteiger partial charge in [-0.15, -0.1) is 23.1 Å². The molecule has 0 aliphatic carbocycles. The molecule has 3 N–H and O–H groups in total. The summed E-state index contributed by atoms with van der Waals surface area (Å²) < 4.78 is 23.8. The summed E-state index contributed by atoms with van der Waals surface area (Å²) in [5.41, 5.74) is 2.02. The predicted molar refractivity (Wildman–Crippen MR) is 101 cm³/mol. The molecule has 0 bridgehead atoms. The van der Waals surface area contributed by atoms with Gasteiger partial charge < -0.3 is 5.32 Å². The summed E-state index contributed by atoms with van der Waals surface area (Å²) in [5.74, 6) is 0.755. The van der Waals surface area contributed by atoms with Gasteiger partial charge in [-0.2, -0.15) is 0 Å². The molecule has 2 rings (SSSR count). The van der Waals surface area contributed by atoms with E-state index in [1.54, 1.807) is 6.92 Å². The maximum atomic E-state index is 12.1. The van der Waals surface area contributed by atoms with Crippen LogP contribution in [0.5, 0.6) is 0 Å². The van der Waals surface area contributed by atoms with E-state index in [1.807, 2.05) is 19.1 Å². The van der Waals surface area contributed by atoms with Crippen molar-refractivity contribution >= 4 is 56.3 Å². The number of carbonyl (C=O) groups excluding carboxylic acids is 1. The van der Waals surface area contributed by atoms with E-state index < -0.39 is 10.0 Å². The molecule has 0 aliphatic heterocycles. The van der Waals surface area contributed by atoms with Crippen LogP contribution < -0.4 is 10.5 Å². The number of primary sulfonamides is 1. The number of hydrogen-bond acceptors (Lipinski definition) is 5. The van der Waals surface area contributed by atoms with Gasteiger partial charge in [0, 0.05) is 16.3 Å². The van der Waals surface area contributed by atoms with Crippen molar-refractivity contribution in [1.29, 1.82) is 0 Å². The van der Waals surface area contributed by atoms with Gasteiger partial charge in [0.15, 0.2) is 0 Å². The summed E-state index contributed by atoms with van der Waals surface area (Å²) in [7, 11) is -3.82. The molecular weight excluding hydrogens is 388 g/mol. The fourth-order valence-corrected chi connectivity index (χ4v) is 4.63. The van der Waals surface area contributed by atoms with Crippen molar-refractivity contribution in [1.82, 2.24) is 0 Å². The zero-order chi connectivity index (χ0) is 17.9. The van der Waals surface area contributed by atoms with Crippen LogP contribution in [-0.2, 0) is 20.6 Å². The van der Waals surface area contributed by atoms with Gasteiger partial charge in [-0.3, -0.25) is 4.79 Å². The summed E-state index contributed by atoms with van der Waals surface area (Å²) >= 11 is 8.81. The van der Waals surface area contributed by atoms with E-state index in [1.165, 1.54) is 35.2 Å². The van der Waals surface area contributed by atoms with Crippen LogP contribution in [0.1, 0.15) is 16.0 Å². The van der Waals surface area contributed by atoms with Crippen molar-refractivity contribution in [2.75, 3.05) is 11.1 Å². The number of rotatable bonds is 6. The molecular formula is C15H17ClN2O3S3. The van der Waals surface area contributed by atoms with Gasteiger partial charge in [0.25, 0.3) is 0 Å². The lowest BCUT2D eigenvalue weighted by Crippen LogP contribution is -2.17. The molecule has 0 saturated heterocycles. The topological polar surface area (TPSA) is 89.3 Å². The summed E-state index contributed by atoms with van der Waals surface area (Å²) in [6, 6.07) is 6.64. The van der Waals surface area contributed by atoms with Crippen molar-refractivity contribution in [3.05, 3.63) is 44.6 Å². The number of thioether (sulfide) groups is 1. The Kier molecular flexibility index (Phi) is 6.33. The summed E-state index contributed by atoms with van der Waals surface area (Å²) in [6.07, 6.45) is 0. The van der Waals surface area contributed by atoms with E-state index in [9.17, 15) is 13.2 Å². The van der Waals surface area contributed by atoms with Crippen LogP contribution >= 0.6 is 34.7 Å². The summed E-state index contributed by atoms with van der Waals surface area (Å²) in [4.78, 5) is 13.2. The zero-order valence-electron chi connectivity index (χ0n) is 13.1. The number of anilines is 1. The Labute approximate surface area is 154 Å². The second kappa shape index (κ2) is 7.88. The van der Waals surface area contributed by atoms with Crippen LogP contribution in [0.4, 0.5) is 5.69 Å². The molecule has 0 fully saturated rings. The molecule has 5 nitrogen and oxygen atoms in total. The first-order valence-electron chi connectivity index (χ1n) is 6.92. The highest BCUT2D eigenvalue weighted by atomic mass is 35.5. The van der Waals surface area contributed by atoms with Crippen LogP contribution in [0, 0.1) is 13.8 Å². The smallest absolute Gasteiger partial charge is 0.238 e. The third-order valence-corrected chi connectivity index (χ3v) is 6.64. The highest BCUT2D eigenvalue weighted by Crippen LogP contribution is 2.26. The first-order valence-corrected chi connectivity index (χ1v) is 10.8. The average Bonchev–Trinajstić information content (AvgIpc) is 2.88. The van der Waals surface area contributed by atoms with Gasteiger partial charge in [-0.1, -0.05) is 11.6 Å².